The second kappa shape index (κ2) is 10.5. The summed E-state index contributed by atoms with van der Waals surface area (Å²) in [5.74, 6) is 0.782. The SMILES string of the molecule is CC.Cc1cccc2c1CC1(CCN(C(N)=N/C=C(\N)Sc3ccnc(N)c3Cl)CC1)C2. The van der Waals surface area contributed by atoms with E-state index < -0.39 is 0 Å². The lowest BCUT2D eigenvalue weighted by Crippen LogP contribution is -2.46. The highest BCUT2D eigenvalue weighted by molar-refractivity contribution is 8.03. The Bertz CT molecular complexity index is 1010. The van der Waals surface area contributed by atoms with Gasteiger partial charge in [0.15, 0.2) is 5.96 Å². The molecule has 4 rings (SSSR count). The first kappa shape index (κ1) is 24.3. The fourth-order valence-electron chi connectivity index (χ4n) is 4.47. The Morgan fingerprint density at radius 1 is 1.19 bits per heavy atom. The molecule has 2 aliphatic rings. The number of aromatic nitrogens is 1. The molecule has 2 aromatic rings. The third-order valence-corrected chi connectivity index (χ3v) is 7.62. The van der Waals surface area contributed by atoms with E-state index in [9.17, 15) is 0 Å². The number of halogens is 1. The summed E-state index contributed by atoms with van der Waals surface area (Å²) in [5.41, 5.74) is 22.9. The van der Waals surface area contributed by atoms with Crippen molar-refractivity contribution in [3.05, 3.63) is 63.4 Å². The zero-order valence-electron chi connectivity index (χ0n) is 19.1. The molecule has 0 amide bonds. The summed E-state index contributed by atoms with van der Waals surface area (Å²) in [6.45, 7) is 8.05. The molecular weight excluding hydrogens is 440 g/mol. The quantitative estimate of drug-likeness (QED) is 0.339. The number of thioether (sulfide) groups is 1. The number of rotatable bonds is 3. The number of benzene rings is 1. The normalized spacial score (nSPS) is 17.7. The van der Waals surface area contributed by atoms with Crippen LogP contribution in [0.25, 0.3) is 0 Å². The van der Waals surface area contributed by atoms with Gasteiger partial charge in [-0.15, -0.1) is 0 Å². The van der Waals surface area contributed by atoms with E-state index >= 15 is 0 Å². The van der Waals surface area contributed by atoms with Crippen LogP contribution in [0.15, 0.2) is 51.6 Å². The number of nitrogen functional groups attached to an aromatic ring is 1. The van der Waals surface area contributed by atoms with Gasteiger partial charge < -0.3 is 22.1 Å². The van der Waals surface area contributed by atoms with Crippen molar-refractivity contribution >= 4 is 35.1 Å². The summed E-state index contributed by atoms with van der Waals surface area (Å²) < 4.78 is 0. The van der Waals surface area contributed by atoms with Crippen LogP contribution >= 0.6 is 23.4 Å². The second-order valence-corrected chi connectivity index (χ2v) is 9.68. The molecule has 1 aromatic heterocycles. The van der Waals surface area contributed by atoms with Crippen LogP contribution in [-0.4, -0.2) is 28.9 Å². The Balaban J connectivity index is 0.00000141. The molecule has 1 aliphatic heterocycles. The van der Waals surface area contributed by atoms with Gasteiger partial charge in [-0.3, -0.25) is 0 Å². The van der Waals surface area contributed by atoms with Crippen LogP contribution in [-0.2, 0) is 12.8 Å². The van der Waals surface area contributed by atoms with Gasteiger partial charge in [0.25, 0.3) is 0 Å². The predicted octanol–water partition coefficient (Wildman–Crippen LogP) is 4.70. The van der Waals surface area contributed by atoms with Gasteiger partial charge in [-0.25, -0.2) is 9.98 Å². The standard InChI is InChI=1S/C22H27ClN6S.C2H6/c1-14-3-2-4-15-11-22(12-16(14)15)6-9-29(10-7-22)21(26)28-13-18(24)30-17-5-8-27-20(25)19(17)23;1-2/h2-5,8,13H,6-7,9-12,24H2,1H3,(H2,25,27)(H2,26,28);1-2H3/b18-13+;. The molecule has 0 unspecified atom stereocenters. The molecule has 1 fully saturated rings. The summed E-state index contributed by atoms with van der Waals surface area (Å²) in [6, 6.07) is 8.45. The van der Waals surface area contributed by atoms with Gasteiger partial charge >= 0.3 is 0 Å². The Morgan fingerprint density at radius 2 is 1.91 bits per heavy atom. The first-order valence-corrected chi connectivity index (χ1v) is 12.3. The van der Waals surface area contributed by atoms with E-state index in [-0.39, 0.29) is 5.82 Å². The van der Waals surface area contributed by atoms with Crippen LogP contribution in [0.5, 0.6) is 0 Å². The molecule has 6 N–H and O–H groups in total. The number of pyridine rings is 1. The van der Waals surface area contributed by atoms with Crippen molar-refractivity contribution in [1.29, 1.82) is 0 Å². The molecule has 0 bridgehead atoms. The first-order valence-electron chi connectivity index (χ1n) is 11.1. The molecule has 0 radical (unpaired) electrons. The van der Waals surface area contributed by atoms with Crippen molar-refractivity contribution in [3.8, 4) is 0 Å². The number of nitrogens with two attached hydrogens (primary N) is 3. The lowest BCUT2D eigenvalue weighted by Gasteiger charge is -2.39. The van der Waals surface area contributed by atoms with Crippen LogP contribution in [0, 0.1) is 12.3 Å². The molecule has 1 spiro atoms. The molecule has 0 saturated carbocycles. The molecule has 32 heavy (non-hydrogen) atoms. The van der Waals surface area contributed by atoms with Crippen molar-refractivity contribution in [3.63, 3.8) is 0 Å². The van der Waals surface area contributed by atoms with E-state index in [1.54, 1.807) is 24.0 Å². The van der Waals surface area contributed by atoms with Crippen LogP contribution in [0.3, 0.4) is 0 Å². The molecule has 1 saturated heterocycles. The molecule has 1 aliphatic carbocycles. The van der Waals surface area contributed by atoms with Gasteiger partial charge in [0.2, 0.25) is 0 Å². The van der Waals surface area contributed by atoms with Gasteiger partial charge in [0.05, 0.1) is 16.3 Å². The van der Waals surface area contributed by atoms with Crippen LogP contribution in [0.2, 0.25) is 5.02 Å². The average Bonchev–Trinajstić information content (AvgIpc) is 3.16. The summed E-state index contributed by atoms with van der Waals surface area (Å²) in [4.78, 5) is 11.2. The van der Waals surface area contributed by atoms with Gasteiger partial charge in [-0.1, -0.05) is 55.4 Å². The Kier molecular flexibility index (Phi) is 7.96. The number of hydrogen-bond donors (Lipinski definition) is 3. The number of fused-ring (bicyclic) bond motifs is 1. The highest BCUT2D eigenvalue weighted by Crippen LogP contribution is 2.45. The third-order valence-electron chi connectivity index (χ3n) is 6.21. The minimum Gasteiger partial charge on any atom is -0.392 e. The largest absolute Gasteiger partial charge is 0.392 e. The van der Waals surface area contributed by atoms with Crippen LogP contribution in [0.1, 0.15) is 43.4 Å². The van der Waals surface area contributed by atoms with Gasteiger partial charge in [0.1, 0.15) is 5.82 Å². The molecule has 8 heteroatoms. The summed E-state index contributed by atoms with van der Waals surface area (Å²) in [6.07, 6.45) is 7.77. The summed E-state index contributed by atoms with van der Waals surface area (Å²) >= 11 is 7.45. The first-order chi connectivity index (χ1) is 15.4. The van der Waals surface area contributed by atoms with E-state index in [2.05, 4.69) is 40.0 Å². The fourth-order valence-corrected chi connectivity index (χ4v) is 5.38. The minimum absolute atomic E-state index is 0.281. The smallest absolute Gasteiger partial charge is 0.195 e. The summed E-state index contributed by atoms with van der Waals surface area (Å²) in [5, 5.41) is 0.880. The number of anilines is 1. The average molecular weight is 473 g/mol. The van der Waals surface area contributed by atoms with E-state index in [0.717, 1.165) is 30.8 Å². The van der Waals surface area contributed by atoms with Crippen LogP contribution < -0.4 is 17.2 Å². The second-order valence-electron chi connectivity index (χ2n) is 8.18. The van der Waals surface area contributed by atoms with E-state index in [1.165, 1.54) is 35.7 Å². The molecule has 172 valence electrons. The molecular formula is C24H33ClN6S. The maximum atomic E-state index is 6.25. The van der Waals surface area contributed by atoms with Crippen molar-refractivity contribution in [2.24, 2.45) is 21.9 Å². The summed E-state index contributed by atoms with van der Waals surface area (Å²) in [7, 11) is 0. The van der Waals surface area contributed by atoms with Crippen LogP contribution in [0.4, 0.5) is 5.82 Å². The Labute approximate surface area is 200 Å². The Morgan fingerprint density at radius 3 is 2.59 bits per heavy atom. The monoisotopic (exact) mass is 472 g/mol. The minimum atomic E-state index is 0.281. The highest BCUT2D eigenvalue weighted by atomic mass is 35.5. The molecule has 2 heterocycles. The fraction of sp³-hybridized carbons (Fsp3) is 0.417. The van der Waals surface area contributed by atoms with Crippen molar-refractivity contribution in [2.45, 2.75) is 51.3 Å². The maximum absolute atomic E-state index is 6.25. The van der Waals surface area contributed by atoms with E-state index in [0.29, 0.717) is 21.4 Å². The van der Waals surface area contributed by atoms with Crippen molar-refractivity contribution in [2.75, 3.05) is 18.8 Å². The zero-order chi connectivity index (χ0) is 23.3. The lowest BCUT2D eigenvalue weighted by molar-refractivity contribution is 0.157. The maximum Gasteiger partial charge on any atom is 0.195 e. The number of aryl methyl sites for hydroxylation is 1. The van der Waals surface area contributed by atoms with Gasteiger partial charge in [0, 0.05) is 24.2 Å². The van der Waals surface area contributed by atoms with Crippen molar-refractivity contribution in [1.82, 2.24) is 9.88 Å². The van der Waals surface area contributed by atoms with Crippen molar-refractivity contribution < 1.29 is 0 Å². The molecule has 0 atom stereocenters. The number of aliphatic imine (C=N–C) groups is 1. The van der Waals surface area contributed by atoms with E-state index in [4.69, 9.17) is 28.8 Å². The zero-order valence-corrected chi connectivity index (χ0v) is 20.6. The van der Waals surface area contributed by atoms with Gasteiger partial charge in [-0.2, -0.15) is 0 Å². The lowest BCUT2D eigenvalue weighted by atomic mass is 9.76. The third kappa shape index (κ3) is 5.33. The Hall–Kier alpha value is -2.38. The molecule has 6 nitrogen and oxygen atoms in total. The topological polar surface area (TPSA) is 107 Å². The molecule has 1 aromatic carbocycles. The number of guanidine groups is 1. The van der Waals surface area contributed by atoms with E-state index in [1.807, 2.05) is 13.8 Å². The number of piperidine rings is 1. The predicted molar refractivity (Wildman–Crippen MR) is 137 cm³/mol. The highest BCUT2D eigenvalue weighted by Gasteiger charge is 2.40. The number of nitrogens with zero attached hydrogens (tertiary/aromatic N) is 3. The van der Waals surface area contributed by atoms with Gasteiger partial charge in [-0.05, 0) is 60.8 Å². The number of hydrogen-bond acceptors (Lipinski definition) is 5. The number of likely N-dealkylation sites (tertiary alicyclic amines) is 1.